The van der Waals surface area contributed by atoms with E-state index in [0.717, 1.165) is 17.5 Å². The zero-order valence-electron chi connectivity index (χ0n) is 20.5. The largest absolute Gasteiger partial charge is 0.486 e. The standard InChI is InChI=1S/C26H34N2O6S/c1-18-9-10-19(2)23(12-18)26(30)27-14-24(33-3)25(15-27)34-22-8-4-6-20(13-22)17-35(31,32)28-11-5-7-21(28)16-29/h4,6,8-10,12-13,21,24-25,29H,5,7,11,14-17H2,1-3H3/t21-,24?,25?/m0/s1. The number of sulfonamides is 1. The molecular weight excluding hydrogens is 468 g/mol. The Morgan fingerprint density at radius 2 is 1.89 bits per heavy atom. The van der Waals surface area contributed by atoms with Gasteiger partial charge in [0, 0.05) is 25.3 Å². The van der Waals surface area contributed by atoms with Crippen LogP contribution >= 0.6 is 0 Å². The molecule has 2 aliphatic heterocycles. The van der Waals surface area contributed by atoms with Crippen LogP contribution in [-0.2, 0) is 20.5 Å². The summed E-state index contributed by atoms with van der Waals surface area (Å²) in [5, 5.41) is 9.51. The summed E-state index contributed by atoms with van der Waals surface area (Å²) in [6.07, 6.45) is 0.756. The third-order valence-corrected chi connectivity index (χ3v) is 8.75. The van der Waals surface area contributed by atoms with Gasteiger partial charge in [-0.05, 0) is 56.0 Å². The maximum absolute atomic E-state index is 13.2. The molecule has 2 fully saturated rings. The lowest BCUT2D eigenvalue weighted by Gasteiger charge is -2.23. The summed E-state index contributed by atoms with van der Waals surface area (Å²) in [6, 6.07) is 12.5. The van der Waals surface area contributed by atoms with E-state index in [9.17, 15) is 18.3 Å². The number of carbonyl (C=O) groups excluding carboxylic acids is 1. The van der Waals surface area contributed by atoms with Crippen LogP contribution in [0.4, 0.5) is 0 Å². The Bertz CT molecular complexity index is 1170. The normalized spacial score (nSPS) is 23.1. The highest BCUT2D eigenvalue weighted by molar-refractivity contribution is 7.88. The Hall–Kier alpha value is -2.46. The van der Waals surface area contributed by atoms with E-state index in [1.165, 1.54) is 4.31 Å². The number of hydrogen-bond acceptors (Lipinski definition) is 6. The zero-order chi connectivity index (χ0) is 25.2. The maximum Gasteiger partial charge on any atom is 0.254 e. The third kappa shape index (κ3) is 5.69. The van der Waals surface area contributed by atoms with Gasteiger partial charge in [0.1, 0.15) is 18.0 Å². The molecule has 2 aliphatic rings. The van der Waals surface area contributed by atoms with Crippen molar-refractivity contribution in [3.8, 4) is 5.75 Å². The van der Waals surface area contributed by atoms with Crippen molar-refractivity contribution >= 4 is 15.9 Å². The monoisotopic (exact) mass is 502 g/mol. The molecule has 0 spiro atoms. The van der Waals surface area contributed by atoms with Gasteiger partial charge in [0.2, 0.25) is 10.0 Å². The van der Waals surface area contributed by atoms with Gasteiger partial charge in [0.05, 0.1) is 25.4 Å². The number of benzene rings is 2. The Morgan fingerprint density at radius 3 is 2.63 bits per heavy atom. The number of carbonyl (C=O) groups is 1. The summed E-state index contributed by atoms with van der Waals surface area (Å²) in [5.74, 6) is 0.324. The first-order valence-corrected chi connectivity index (χ1v) is 13.6. The lowest BCUT2D eigenvalue weighted by molar-refractivity contribution is 0.0339. The highest BCUT2D eigenvalue weighted by Gasteiger charge is 2.38. The Labute approximate surface area is 207 Å². The second-order valence-electron chi connectivity index (χ2n) is 9.45. The van der Waals surface area contributed by atoms with Crippen molar-refractivity contribution < 1.29 is 27.8 Å². The van der Waals surface area contributed by atoms with Crippen LogP contribution in [0.25, 0.3) is 0 Å². The minimum absolute atomic E-state index is 0.0526. The first kappa shape index (κ1) is 25.6. The molecule has 190 valence electrons. The quantitative estimate of drug-likeness (QED) is 0.596. The van der Waals surface area contributed by atoms with Crippen molar-refractivity contribution in [2.45, 2.75) is 50.7 Å². The number of hydrogen-bond donors (Lipinski definition) is 1. The van der Waals surface area contributed by atoms with Crippen LogP contribution in [-0.4, -0.2) is 80.2 Å². The van der Waals surface area contributed by atoms with Crippen molar-refractivity contribution in [1.29, 1.82) is 0 Å². The van der Waals surface area contributed by atoms with Crippen LogP contribution in [0.15, 0.2) is 42.5 Å². The molecule has 2 heterocycles. The fraction of sp³-hybridized carbons (Fsp3) is 0.500. The summed E-state index contributed by atoms with van der Waals surface area (Å²) >= 11 is 0. The Morgan fingerprint density at radius 1 is 1.11 bits per heavy atom. The second kappa shape index (κ2) is 10.7. The lowest BCUT2D eigenvalue weighted by Crippen LogP contribution is -2.38. The molecule has 2 unspecified atom stereocenters. The van der Waals surface area contributed by atoms with Crippen molar-refractivity contribution in [3.05, 3.63) is 64.7 Å². The average Bonchev–Trinajstić information content (AvgIpc) is 3.47. The highest BCUT2D eigenvalue weighted by atomic mass is 32.2. The van der Waals surface area contributed by atoms with Gasteiger partial charge in [0.25, 0.3) is 5.91 Å². The van der Waals surface area contributed by atoms with Gasteiger partial charge in [-0.25, -0.2) is 8.42 Å². The average molecular weight is 503 g/mol. The molecule has 4 rings (SSSR count). The summed E-state index contributed by atoms with van der Waals surface area (Å²) in [7, 11) is -1.95. The Balaban J connectivity index is 1.45. The highest BCUT2D eigenvalue weighted by Crippen LogP contribution is 2.27. The topological polar surface area (TPSA) is 96.4 Å². The maximum atomic E-state index is 13.2. The van der Waals surface area contributed by atoms with Crippen LogP contribution in [0, 0.1) is 13.8 Å². The molecule has 2 aromatic rings. The number of methoxy groups -OCH3 is 1. The molecule has 0 radical (unpaired) electrons. The van der Waals surface area contributed by atoms with Gasteiger partial charge in [-0.3, -0.25) is 4.79 Å². The predicted molar refractivity (Wildman–Crippen MR) is 133 cm³/mol. The number of ether oxygens (including phenoxy) is 2. The Kier molecular flexibility index (Phi) is 7.80. The second-order valence-corrected chi connectivity index (χ2v) is 11.4. The van der Waals surface area contributed by atoms with E-state index >= 15 is 0 Å². The molecule has 9 heteroatoms. The summed E-state index contributed by atoms with van der Waals surface area (Å²) in [4.78, 5) is 14.9. The lowest BCUT2D eigenvalue weighted by atomic mass is 10.0. The van der Waals surface area contributed by atoms with E-state index in [0.29, 0.717) is 42.9 Å². The van der Waals surface area contributed by atoms with E-state index in [1.807, 2.05) is 32.0 Å². The van der Waals surface area contributed by atoms with Gasteiger partial charge in [-0.2, -0.15) is 4.31 Å². The van der Waals surface area contributed by atoms with Crippen LogP contribution in [0.3, 0.4) is 0 Å². The summed E-state index contributed by atoms with van der Waals surface area (Å²) in [6.45, 7) is 4.95. The minimum atomic E-state index is -3.55. The van der Waals surface area contributed by atoms with Crippen molar-refractivity contribution in [2.24, 2.45) is 0 Å². The first-order chi connectivity index (χ1) is 16.7. The van der Waals surface area contributed by atoms with Gasteiger partial charge in [-0.15, -0.1) is 0 Å². The molecule has 8 nitrogen and oxygen atoms in total. The zero-order valence-corrected chi connectivity index (χ0v) is 21.3. The number of aliphatic hydroxyl groups excluding tert-OH is 1. The van der Waals surface area contributed by atoms with Crippen molar-refractivity contribution in [2.75, 3.05) is 33.4 Å². The number of likely N-dealkylation sites (tertiary alicyclic amines) is 1. The van der Waals surface area contributed by atoms with E-state index in [4.69, 9.17) is 9.47 Å². The SMILES string of the molecule is COC1CN(C(=O)c2cc(C)ccc2C)CC1Oc1cccc(CS(=O)(=O)N2CCC[C@H]2CO)c1. The van der Waals surface area contributed by atoms with Gasteiger partial charge in [0.15, 0.2) is 0 Å². The molecule has 2 saturated heterocycles. The molecule has 0 aromatic heterocycles. The number of rotatable bonds is 8. The molecule has 2 aromatic carbocycles. The van der Waals surface area contributed by atoms with Crippen molar-refractivity contribution in [3.63, 3.8) is 0 Å². The molecule has 1 N–H and O–H groups in total. The first-order valence-electron chi connectivity index (χ1n) is 12.0. The van der Waals surface area contributed by atoms with Crippen LogP contribution in [0.5, 0.6) is 5.75 Å². The molecule has 3 atom stereocenters. The number of aryl methyl sites for hydroxylation is 2. The third-order valence-electron chi connectivity index (χ3n) is 6.85. The molecule has 0 saturated carbocycles. The van der Waals surface area contributed by atoms with E-state index in [-0.39, 0.29) is 36.5 Å². The van der Waals surface area contributed by atoms with Gasteiger partial charge < -0.3 is 19.5 Å². The summed E-state index contributed by atoms with van der Waals surface area (Å²) < 4.78 is 39.1. The minimum Gasteiger partial charge on any atom is -0.486 e. The molecular formula is C26H34N2O6S. The smallest absolute Gasteiger partial charge is 0.254 e. The fourth-order valence-corrected chi connectivity index (χ4v) is 6.72. The van der Waals surface area contributed by atoms with E-state index in [2.05, 4.69) is 0 Å². The van der Waals surface area contributed by atoms with Crippen LogP contribution < -0.4 is 4.74 Å². The number of amides is 1. The van der Waals surface area contributed by atoms with Gasteiger partial charge in [-0.1, -0.05) is 29.8 Å². The van der Waals surface area contributed by atoms with Crippen LogP contribution in [0.1, 0.15) is 39.9 Å². The van der Waals surface area contributed by atoms with E-state index < -0.39 is 10.0 Å². The molecule has 0 bridgehead atoms. The molecule has 1 amide bonds. The van der Waals surface area contributed by atoms with Crippen LogP contribution in [0.2, 0.25) is 0 Å². The fourth-order valence-electron chi connectivity index (χ4n) is 4.92. The van der Waals surface area contributed by atoms with Gasteiger partial charge >= 0.3 is 0 Å². The predicted octanol–water partition coefficient (Wildman–Crippen LogP) is 2.51. The molecule has 0 aliphatic carbocycles. The number of aliphatic hydroxyl groups is 1. The summed E-state index contributed by atoms with van der Waals surface area (Å²) in [5.41, 5.74) is 3.24. The van der Waals surface area contributed by atoms with Crippen molar-refractivity contribution in [1.82, 2.24) is 9.21 Å². The number of nitrogens with zero attached hydrogens (tertiary/aromatic N) is 2. The molecule has 35 heavy (non-hydrogen) atoms. The van der Waals surface area contributed by atoms with E-state index in [1.54, 1.807) is 36.3 Å².